The average Bonchev–Trinajstić information content (AvgIpc) is 2.80. The van der Waals surface area contributed by atoms with Gasteiger partial charge in [0.15, 0.2) is 0 Å². The van der Waals surface area contributed by atoms with E-state index in [9.17, 15) is 0 Å². The fourth-order valence-corrected chi connectivity index (χ4v) is 1.78. The second-order valence-electron chi connectivity index (χ2n) is 4.26. The van der Waals surface area contributed by atoms with E-state index < -0.39 is 0 Å². The van der Waals surface area contributed by atoms with Gasteiger partial charge >= 0.3 is 0 Å². The lowest BCUT2D eigenvalue weighted by Crippen LogP contribution is -2.33. The first-order valence-corrected chi connectivity index (χ1v) is 6.12. The fraction of sp³-hybridized carbons (Fsp3) is 0.308. The maximum absolute atomic E-state index is 8.83. The van der Waals surface area contributed by atoms with Crippen molar-refractivity contribution >= 4 is 11.4 Å². The summed E-state index contributed by atoms with van der Waals surface area (Å²) in [7, 11) is 0. The van der Waals surface area contributed by atoms with Gasteiger partial charge in [-0.1, -0.05) is 0 Å². The normalized spacial score (nSPS) is 10.6. The van der Waals surface area contributed by atoms with E-state index in [2.05, 4.69) is 0 Å². The van der Waals surface area contributed by atoms with Crippen LogP contribution < -0.4 is 20.8 Å². The molecule has 0 bridgehead atoms. The molecule has 6 nitrogen and oxygen atoms in total. The van der Waals surface area contributed by atoms with E-state index in [1.807, 2.05) is 27.9 Å². The number of benzene rings is 1. The van der Waals surface area contributed by atoms with Crippen molar-refractivity contribution in [2.24, 2.45) is 0 Å². The molecular weight excluding hydrogens is 244 g/mol. The summed E-state index contributed by atoms with van der Waals surface area (Å²) in [6.45, 7) is 1.95. The Labute approximate surface area is 111 Å². The zero-order chi connectivity index (χ0) is 13.7. The third-order valence-corrected chi connectivity index (χ3v) is 2.75. The molecule has 6 heteroatoms. The van der Waals surface area contributed by atoms with E-state index in [0.717, 1.165) is 0 Å². The molecule has 19 heavy (non-hydrogen) atoms. The standard InChI is InChI=1S/C13H19N4O2/c14-11-1-2-13(12(15)9-11)19-8-6-17-4-3-16(10-17)5-7-18/h1-4,9-10,18H,5-8,14-15H2/q+1. The van der Waals surface area contributed by atoms with Crippen LogP contribution in [0.3, 0.4) is 0 Å². The number of rotatable bonds is 6. The quantitative estimate of drug-likeness (QED) is 0.506. The van der Waals surface area contributed by atoms with Gasteiger partial charge in [-0.05, 0) is 18.2 Å². The number of anilines is 2. The van der Waals surface area contributed by atoms with Crippen molar-refractivity contribution in [2.45, 2.75) is 13.1 Å². The lowest BCUT2D eigenvalue weighted by atomic mass is 10.2. The van der Waals surface area contributed by atoms with Crippen LogP contribution in [0.15, 0.2) is 36.9 Å². The van der Waals surface area contributed by atoms with Gasteiger partial charge in [-0.3, -0.25) is 0 Å². The minimum atomic E-state index is 0.132. The van der Waals surface area contributed by atoms with Gasteiger partial charge in [0, 0.05) is 5.69 Å². The highest BCUT2D eigenvalue weighted by Crippen LogP contribution is 2.23. The Morgan fingerprint density at radius 2 is 2.16 bits per heavy atom. The minimum absolute atomic E-state index is 0.132. The highest BCUT2D eigenvalue weighted by Gasteiger charge is 2.04. The van der Waals surface area contributed by atoms with Crippen LogP contribution in [-0.2, 0) is 13.1 Å². The number of nitrogens with two attached hydrogens (primary N) is 2. The lowest BCUT2D eigenvalue weighted by molar-refractivity contribution is -0.697. The number of aliphatic hydroxyl groups is 1. The summed E-state index contributed by atoms with van der Waals surface area (Å²) in [6, 6.07) is 5.21. The van der Waals surface area contributed by atoms with Crippen LogP contribution >= 0.6 is 0 Å². The molecule has 0 radical (unpaired) electrons. The highest BCUT2D eigenvalue weighted by molar-refractivity contribution is 5.60. The molecule has 102 valence electrons. The SMILES string of the molecule is Nc1ccc(OCCn2cc[n+](CCO)c2)c(N)c1. The van der Waals surface area contributed by atoms with Gasteiger partial charge in [0.25, 0.3) is 0 Å². The van der Waals surface area contributed by atoms with Gasteiger partial charge in [-0.25, -0.2) is 9.13 Å². The molecule has 2 rings (SSSR count). The Balaban J connectivity index is 1.85. The fourth-order valence-electron chi connectivity index (χ4n) is 1.78. The molecule has 0 atom stereocenters. The zero-order valence-electron chi connectivity index (χ0n) is 10.7. The van der Waals surface area contributed by atoms with Crippen LogP contribution in [0.1, 0.15) is 0 Å². The predicted molar refractivity (Wildman–Crippen MR) is 72.5 cm³/mol. The summed E-state index contributed by atoms with van der Waals surface area (Å²) in [5.74, 6) is 0.643. The van der Waals surface area contributed by atoms with Crippen molar-refractivity contribution in [3.05, 3.63) is 36.9 Å². The van der Waals surface area contributed by atoms with Crippen molar-refractivity contribution < 1.29 is 14.4 Å². The third-order valence-electron chi connectivity index (χ3n) is 2.75. The summed E-state index contributed by atoms with van der Waals surface area (Å²) in [4.78, 5) is 0. The van der Waals surface area contributed by atoms with E-state index >= 15 is 0 Å². The van der Waals surface area contributed by atoms with E-state index in [4.69, 9.17) is 21.3 Å². The Morgan fingerprint density at radius 1 is 1.32 bits per heavy atom. The molecule has 0 aliphatic rings. The summed E-state index contributed by atoms with van der Waals surface area (Å²) in [5, 5.41) is 8.83. The van der Waals surface area contributed by atoms with Gasteiger partial charge in [-0.2, -0.15) is 0 Å². The number of aromatic nitrogens is 2. The summed E-state index contributed by atoms with van der Waals surface area (Å²) >= 11 is 0. The molecule has 5 N–H and O–H groups in total. The lowest BCUT2D eigenvalue weighted by Gasteiger charge is -2.08. The number of aliphatic hydroxyl groups excluding tert-OH is 1. The van der Waals surface area contributed by atoms with Crippen molar-refractivity contribution in [1.82, 2.24) is 4.57 Å². The molecule has 1 aromatic carbocycles. The maximum atomic E-state index is 8.83. The first-order valence-electron chi connectivity index (χ1n) is 6.12. The van der Waals surface area contributed by atoms with Crippen LogP contribution in [-0.4, -0.2) is 22.9 Å². The molecule has 0 aliphatic heterocycles. The van der Waals surface area contributed by atoms with Crippen LogP contribution in [0.25, 0.3) is 0 Å². The number of ether oxygens (including phenoxy) is 1. The summed E-state index contributed by atoms with van der Waals surface area (Å²) in [5.41, 5.74) is 12.6. The van der Waals surface area contributed by atoms with Gasteiger partial charge in [0.2, 0.25) is 6.33 Å². The van der Waals surface area contributed by atoms with Gasteiger partial charge in [0.05, 0.1) is 12.3 Å². The minimum Gasteiger partial charge on any atom is -0.487 e. The van der Waals surface area contributed by atoms with Gasteiger partial charge in [0.1, 0.15) is 37.8 Å². The highest BCUT2D eigenvalue weighted by atomic mass is 16.5. The van der Waals surface area contributed by atoms with E-state index in [1.54, 1.807) is 18.2 Å². The molecule has 1 aromatic heterocycles. The summed E-state index contributed by atoms with van der Waals surface area (Å²) in [6.07, 6.45) is 5.77. The molecular formula is C13H19N4O2+. The molecule has 2 aromatic rings. The first kappa shape index (κ1) is 13.2. The molecule has 0 aliphatic carbocycles. The molecule has 1 heterocycles. The third kappa shape index (κ3) is 3.62. The van der Waals surface area contributed by atoms with Crippen LogP contribution in [0, 0.1) is 0 Å². The molecule has 0 saturated carbocycles. The van der Waals surface area contributed by atoms with Crippen molar-refractivity contribution in [1.29, 1.82) is 0 Å². The van der Waals surface area contributed by atoms with Crippen molar-refractivity contribution in [2.75, 3.05) is 24.7 Å². The van der Waals surface area contributed by atoms with Crippen LogP contribution in [0.4, 0.5) is 11.4 Å². The molecule has 0 spiro atoms. The monoisotopic (exact) mass is 263 g/mol. The molecule has 0 amide bonds. The Bertz CT molecular complexity index is 539. The van der Waals surface area contributed by atoms with Gasteiger partial charge in [-0.15, -0.1) is 0 Å². The molecule has 0 unspecified atom stereocenters. The summed E-state index contributed by atoms with van der Waals surface area (Å²) < 4.78 is 9.51. The first-order chi connectivity index (χ1) is 9.19. The van der Waals surface area contributed by atoms with E-state index in [1.165, 1.54) is 0 Å². The number of nitrogens with zero attached hydrogens (tertiary/aromatic N) is 2. The number of nitrogen functional groups attached to an aromatic ring is 2. The van der Waals surface area contributed by atoms with Crippen molar-refractivity contribution in [3.8, 4) is 5.75 Å². The predicted octanol–water partition coefficient (Wildman–Crippen LogP) is 0.0113. The Morgan fingerprint density at radius 3 is 2.89 bits per heavy atom. The smallest absolute Gasteiger partial charge is 0.243 e. The Kier molecular flexibility index (Phi) is 4.25. The van der Waals surface area contributed by atoms with E-state index in [-0.39, 0.29) is 6.61 Å². The van der Waals surface area contributed by atoms with Crippen LogP contribution in [0.5, 0.6) is 5.75 Å². The zero-order valence-corrected chi connectivity index (χ0v) is 10.7. The second-order valence-corrected chi connectivity index (χ2v) is 4.26. The number of hydrogen-bond acceptors (Lipinski definition) is 4. The largest absolute Gasteiger partial charge is 0.487 e. The van der Waals surface area contributed by atoms with Crippen molar-refractivity contribution in [3.63, 3.8) is 0 Å². The van der Waals surface area contributed by atoms with E-state index in [0.29, 0.717) is 36.8 Å². The number of hydrogen-bond donors (Lipinski definition) is 3. The maximum Gasteiger partial charge on any atom is 0.243 e. The topological polar surface area (TPSA) is 90.3 Å². The average molecular weight is 263 g/mol. The Hall–Kier alpha value is -2.21. The van der Waals surface area contributed by atoms with Crippen LogP contribution in [0.2, 0.25) is 0 Å². The molecule has 0 fully saturated rings. The molecule has 0 saturated heterocycles. The van der Waals surface area contributed by atoms with Gasteiger partial charge < -0.3 is 21.3 Å². The second kappa shape index (κ2) is 6.10. The number of imidazole rings is 1.